The van der Waals surface area contributed by atoms with Crippen LogP contribution in [-0.2, 0) is 9.59 Å². The minimum atomic E-state index is -4.47. The third-order valence-electron chi connectivity index (χ3n) is 2.21. The van der Waals surface area contributed by atoms with Gasteiger partial charge in [-0.3, -0.25) is 9.59 Å². The van der Waals surface area contributed by atoms with Crippen molar-refractivity contribution in [1.82, 2.24) is 5.32 Å². The maximum Gasteiger partial charge on any atom is 0.398 e. The highest BCUT2D eigenvalue weighted by Gasteiger charge is 2.55. The van der Waals surface area contributed by atoms with Gasteiger partial charge in [-0.15, -0.1) is 0 Å². The van der Waals surface area contributed by atoms with E-state index in [0.29, 0.717) is 0 Å². The summed E-state index contributed by atoms with van der Waals surface area (Å²) in [5.41, 5.74) is 0. The molecule has 0 aliphatic heterocycles. The lowest BCUT2D eigenvalue weighted by Crippen LogP contribution is -2.57. The van der Waals surface area contributed by atoms with E-state index in [2.05, 4.69) is 5.32 Å². The van der Waals surface area contributed by atoms with Crippen molar-refractivity contribution in [3.8, 4) is 0 Å². The molecule has 0 aromatic carbocycles. The standard InChI is InChI=1S/C8H10F3NO2/c1-2-6(13)12-5-3-4(7(5)14)8(9,10)11/h4-5H,2-3H2,1H3,(H,12,13)/t4-,5+/m0/s1. The van der Waals surface area contributed by atoms with Crippen LogP contribution < -0.4 is 5.32 Å². The number of ketones is 1. The topological polar surface area (TPSA) is 46.2 Å². The SMILES string of the molecule is CCC(=O)N[C@@H]1C[C@H](C(F)(F)F)C1=O. The molecule has 0 radical (unpaired) electrons. The van der Waals surface area contributed by atoms with Crippen LogP contribution in [0.3, 0.4) is 0 Å². The fourth-order valence-electron chi connectivity index (χ4n) is 1.27. The lowest BCUT2D eigenvalue weighted by atomic mass is 9.78. The zero-order valence-corrected chi connectivity index (χ0v) is 7.52. The first kappa shape index (κ1) is 11.0. The molecule has 14 heavy (non-hydrogen) atoms. The molecule has 1 N–H and O–H groups in total. The van der Waals surface area contributed by atoms with E-state index in [1.807, 2.05) is 0 Å². The Bertz CT molecular complexity index is 262. The van der Waals surface area contributed by atoms with E-state index in [4.69, 9.17) is 0 Å². The fraction of sp³-hybridized carbons (Fsp3) is 0.750. The summed E-state index contributed by atoms with van der Waals surface area (Å²) < 4.78 is 36.0. The van der Waals surface area contributed by atoms with E-state index >= 15 is 0 Å². The highest BCUT2D eigenvalue weighted by Crippen LogP contribution is 2.38. The molecule has 3 nitrogen and oxygen atoms in total. The van der Waals surface area contributed by atoms with Crippen molar-refractivity contribution in [1.29, 1.82) is 0 Å². The second-order valence-corrected chi connectivity index (χ2v) is 3.21. The second kappa shape index (κ2) is 3.59. The van der Waals surface area contributed by atoms with Gasteiger partial charge in [-0.25, -0.2) is 0 Å². The minimum Gasteiger partial charge on any atom is -0.346 e. The van der Waals surface area contributed by atoms with Gasteiger partial charge in [0.05, 0.1) is 6.04 Å². The number of halogens is 3. The first-order valence-electron chi connectivity index (χ1n) is 4.26. The normalized spacial score (nSPS) is 27.0. The summed E-state index contributed by atoms with van der Waals surface area (Å²) in [4.78, 5) is 21.7. The predicted octanol–water partition coefficient (Wildman–Crippen LogP) is 1.03. The van der Waals surface area contributed by atoms with E-state index in [9.17, 15) is 22.8 Å². The van der Waals surface area contributed by atoms with Gasteiger partial charge in [0.25, 0.3) is 0 Å². The average molecular weight is 209 g/mol. The van der Waals surface area contributed by atoms with Gasteiger partial charge in [-0.2, -0.15) is 13.2 Å². The molecule has 1 amide bonds. The Hall–Kier alpha value is -1.07. The van der Waals surface area contributed by atoms with Crippen LogP contribution in [0.15, 0.2) is 0 Å². The Morgan fingerprint density at radius 3 is 2.50 bits per heavy atom. The third kappa shape index (κ3) is 2.05. The van der Waals surface area contributed by atoms with Gasteiger partial charge in [0.15, 0.2) is 5.78 Å². The highest BCUT2D eigenvalue weighted by molar-refractivity contribution is 5.96. The maximum absolute atomic E-state index is 12.0. The summed E-state index contributed by atoms with van der Waals surface area (Å²) in [6.07, 6.45) is -4.63. The number of amides is 1. The van der Waals surface area contributed by atoms with Gasteiger partial charge >= 0.3 is 6.18 Å². The molecule has 2 atom stereocenters. The summed E-state index contributed by atoms with van der Waals surface area (Å²) in [5.74, 6) is -3.21. The van der Waals surface area contributed by atoms with Crippen LogP contribution in [0.25, 0.3) is 0 Å². The maximum atomic E-state index is 12.0. The lowest BCUT2D eigenvalue weighted by molar-refractivity contribution is -0.198. The van der Waals surface area contributed by atoms with Crippen LogP contribution in [0, 0.1) is 5.92 Å². The molecule has 0 heterocycles. The van der Waals surface area contributed by atoms with Gasteiger partial charge in [-0.1, -0.05) is 6.92 Å². The first-order valence-corrected chi connectivity index (χ1v) is 4.26. The number of Topliss-reactive ketones (excluding diaryl/α,β-unsaturated/α-hetero) is 1. The molecule has 6 heteroatoms. The number of hydrogen-bond acceptors (Lipinski definition) is 2. The lowest BCUT2D eigenvalue weighted by Gasteiger charge is -2.34. The minimum absolute atomic E-state index is 0.167. The van der Waals surface area contributed by atoms with Crippen molar-refractivity contribution in [2.75, 3.05) is 0 Å². The molecule has 1 aliphatic carbocycles. The zero-order valence-electron chi connectivity index (χ0n) is 7.52. The molecule has 1 saturated carbocycles. The average Bonchev–Trinajstić information content (AvgIpc) is 2.08. The Kier molecular flexibility index (Phi) is 2.82. The molecular formula is C8H10F3NO2. The molecule has 0 aromatic heterocycles. The summed E-state index contributed by atoms with van der Waals surface area (Å²) in [6, 6.07) is -0.936. The van der Waals surface area contributed by atoms with Crippen LogP contribution in [0.5, 0.6) is 0 Å². The monoisotopic (exact) mass is 209 g/mol. The van der Waals surface area contributed by atoms with Crippen LogP contribution in [0.4, 0.5) is 13.2 Å². The second-order valence-electron chi connectivity index (χ2n) is 3.21. The molecular weight excluding hydrogens is 199 g/mol. The third-order valence-corrected chi connectivity index (χ3v) is 2.21. The number of rotatable bonds is 2. The van der Waals surface area contributed by atoms with Gasteiger partial charge in [0.2, 0.25) is 5.91 Å². The van der Waals surface area contributed by atoms with Gasteiger partial charge in [0, 0.05) is 6.42 Å². The van der Waals surface area contributed by atoms with Crippen molar-refractivity contribution in [3.05, 3.63) is 0 Å². The van der Waals surface area contributed by atoms with E-state index < -0.39 is 29.8 Å². The summed E-state index contributed by atoms with van der Waals surface area (Å²) in [6.45, 7) is 1.57. The Morgan fingerprint density at radius 2 is 2.14 bits per heavy atom. The summed E-state index contributed by atoms with van der Waals surface area (Å²) >= 11 is 0. The van der Waals surface area contributed by atoms with Gasteiger partial charge in [-0.05, 0) is 6.42 Å². The van der Waals surface area contributed by atoms with Crippen molar-refractivity contribution in [3.63, 3.8) is 0 Å². The van der Waals surface area contributed by atoms with Crippen molar-refractivity contribution in [2.45, 2.75) is 32.0 Å². The zero-order chi connectivity index (χ0) is 10.9. The van der Waals surface area contributed by atoms with Crippen LogP contribution in [0.2, 0.25) is 0 Å². The Labute approximate surface area is 78.7 Å². The number of carbonyl (C=O) groups is 2. The number of alkyl halides is 3. The Morgan fingerprint density at radius 1 is 1.57 bits per heavy atom. The predicted molar refractivity (Wildman–Crippen MR) is 41.4 cm³/mol. The molecule has 0 bridgehead atoms. The molecule has 1 fully saturated rings. The van der Waals surface area contributed by atoms with E-state index in [1.165, 1.54) is 0 Å². The van der Waals surface area contributed by atoms with E-state index in [1.54, 1.807) is 6.92 Å². The molecule has 80 valence electrons. The van der Waals surface area contributed by atoms with Crippen molar-refractivity contribution >= 4 is 11.7 Å². The van der Waals surface area contributed by atoms with E-state index in [0.717, 1.165) is 0 Å². The smallest absolute Gasteiger partial charge is 0.346 e. The fourth-order valence-corrected chi connectivity index (χ4v) is 1.27. The highest BCUT2D eigenvalue weighted by atomic mass is 19.4. The molecule has 0 spiro atoms. The van der Waals surface area contributed by atoms with Crippen LogP contribution in [0.1, 0.15) is 19.8 Å². The Balaban J connectivity index is 2.45. The molecule has 0 saturated heterocycles. The first-order chi connectivity index (χ1) is 6.36. The molecule has 0 aromatic rings. The molecule has 0 unspecified atom stereocenters. The van der Waals surface area contributed by atoms with Crippen LogP contribution in [-0.4, -0.2) is 23.9 Å². The van der Waals surface area contributed by atoms with Crippen molar-refractivity contribution in [2.24, 2.45) is 5.92 Å². The largest absolute Gasteiger partial charge is 0.398 e. The van der Waals surface area contributed by atoms with Crippen LogP contribution >= 0.6 is 0 Å². The van der Waals surface area contributed by atoms with Gasteiger partial charge < -0.3 is 5.32 Å². The molecule has 1 rings (SSSR count). The summed E-state index contributed by atoms with van der Waals surface area (Å²) in [7, 11) is 0. The van der Waals surface area contributed by atoms with E-state index in [-0.39, 0.29) is 12.8 Å². The number of hydrogen-bond donors (Lipinski definition) is 1. The number of carbonyl (C=O) groups excluding carboxylic acids is 2. The molecule has 1 aliphatic rings. The summed E-state index contributed by atoms with van der Waals surface area (Å²) in [5, 5.41) is 2.23. The van der Waals surface area contributed by atoms with Crippen molar-refractivity contribution < 1.29 is 22.8 Å². The number of nitrogens with one attached hydrogen (secondary N) is 1. The van der Waals surface area contributed by atoms with Gasteiger partial charge in [0.1, 0.15) is 5.92 Å². The quantitative estimate of drug-likeness (QED) is 0.738.